The summed E-state index contributed by atoms with van der Waals surface area (Å²) in [6, 6.07) is 5.25. The van der Waals surface area contributed by atoms with E-state index in [1.807, 2.05) is 0 Å². The Balaban J connectivity index is 2.95. The highest BCUT2D eigenvalue weighted by molar-refractivity contribution is 6.29. The lowest BCUT2D eigenvalue weighted by Crippen LogP contribution is -1.91. The van der Waals surface area contributed by atoms with E-state index in [2.05, 4.69) is 0 Å². The molecule has 7 heteroatoms. The van der Waals surface area contributed by atoms with E-state index in [1.165, 1.54) is 24.3 Å². The van der Waals surface area contributed by atoms with Gasteiger partial charge in [0.05, 0.1) is 9.85 Å². The molecule has 0 aliphatic carbocycles. The summed E-state index contributed by atoms with van der Waals surface area (Å²) in [5.41, 5.74) is 0.353. The first-order valence-electron chi connectivity index (χ1n) is 3.77. The molecule has 0 spiro atoms. The fourth-order valence-corrected chi connectivity index (χ4v) is 1.01. The van der Waals surface area contributed by atoms with E-state index in [9.17, 15) is 20.2 Å². The van der Waals surface area contributed by atoms with Crippen molar-refractivity contribution in [2.24, 2.45) is 0 Å². The van der Waals surface area contributed by atoms with Crippen molar-refractivity contribution in [3.8, 4) is 0 Å². The number of non-ortho nitro benzene ring substituents is 1. The SMILES string of the molecule is O=[N+]([O-])/C(Cl)=C\c1ccc([N+](=O)[O-])cc1. The molecule has 0 radical (unpaired) electrons. The molecular weight excluding hydrogens is 224 g/mol. The monoisotopic (exact) mass is 228 g/mol. The minimum absolute atomic E-state index is 0.0793. The fraction of sp³-hybridized carbons (Fsp3) is 0. The Morgan fingerprint density at radius 2 is 1.73 bits per heavy atom. The summed E-state index contributed by atoms with van der Waals surface area (Å²) in [6.45, 7) is 0. The average Bonchev–Trinajstić information content (AvgIpc) is 2.18. The van der Waals surface area contributed by atoms with Gasteiger partial charge in [-0.15, -0.1) is 0 Å². The molecule has 15 heavy (non-hydrogen) atoms. The molecule has 1 rings (SSSR count). The van der Waals surface area contributed by atoms with Crippen LogP contribution in [0.3, 0.4) is 0 Å². The average molecular weight is 229 g/mol. The third kappa shape index (κ3) is 3.03. The van der Waals surface area contributed by atoms with E-state index in [1.54, 1.807) is 0 Å². The van der Waals surface area contributed by atoms with Crippen molar-refractivity contribution in [1.82, 2.24) is 0 Å². The standard InChI is InChI=1S/C8H5ClN2O4/c9-8(11(14)15)5-6-1-3-7(4-2-6)10(12)13/h1-5H/b8-5-. The third-order valence-electron chi connectivity index (χ3n) is 1.56. The van der Waals surface area contributed by atoms with Crippen LogP contribution in [0.15, 0.2) is 29.4 Å². The Bertz CT molecular complexity index is 427. The molecule has 0 aromatic heterocycles. The van der Waals surface area contributed by atoms with E-state index in [4.69, 9.17) is 11.6 Å². The van der Waals surface area contributed by atoms with Crippen LogP contribution < -0.4 is 0 Å². The highest BCUT2D eigenvalue weighted by Gasteiger charge is 2.07. The Labute approximate surface area is 89.1 Å². The number of hydrogen-bond donors (Lipinski definition) is 0. The quantitative estimate of drug-likeness (QED) is 0.452. The highest BCUT2D eigenvalue weighted by Crippen LogP contribution is 2.15. The Morgan fingerprint density at radius 1 is 1.20 bits per heavy atom. The van der Waals surface area contributed by atoms with E-state index in [0.717, 1.165) is 6.08 Å². The van der Waals surface area contributed by atoms with Gasteiger partial charge < -0.3 is 0 Å². The van der Waals surface area contributed by atoms with E-state index in [0.29, 0.717) is 5.56 Å². The maximum Gasteiger partial charge on any atom is 0.337 e. The van der Waals surface area contributed by atoms with Gasteiger partial charge in [0.25, 0.3) is 5.69 Å². The topological polar surface area (TPSA) is 86.3 Å². The Kier molecular flexibility index (Phi) is 3.35. The first-order chi connectivity index (χ1) is 7.00. The van der Waals surface area contributed by atoms with E-state index < -0.39 is 15.0 Å². The summed E-state index contributed by atoms with van der Waals surface area (Å²) >= 11 is 5.28. The lowest BCUT2D eigenvalue weighted by molar-refractivity contribution is -0.410. The van der Waals surface area contributed by atoms with Crippen molar-refractivity contribution in [2.45, 2.75) is 0 Å². The van der Waals surface area contributed by atoms with Crippen LogP contribution in [0.5, 0.6) is 0 Å². The second-order valence-corrected chi connectivity index (χ2v) is 2.96. The maximum atomic E-state index is 10.3. The molecular formula is C8H5ClN2O4. The summed E-state index contributed by atoms with van der Waals surface area (Å²) in [5.74, 6) is 0. The van der Waals surface area contributed by atoms with Crippen molar-refractivity contribution >= 4 is 23.4 Å². The van der Waals surface area contributed by atoms with Gasteiger partial charge >= 0.3 is 5.16 Å². The predicted molar refractivity (Wildman–Crippen MR) is 53.9 cm³/mol. The Morgan fingerprint density at radius 3 is 2.13 bits per heavy atom. The second-order valence-electron chi connectivity index (χ2n) is 2.57. The zero-order valence-electron chi connectivity index (χ0n) is 7.29. The number of nitro benzene ring substituents is 1. The van der Waals surface area contributed by atoms with Gasteiger partial charge in [-0.25, -0.2) is 0 Å². The summed E-state index contributed by atoms with van der Waals surface area (Å²) in [5, 5.41) is 19.9. The van der Waals surface area contributed by atoms with Crippen molar-refractivity contribution in [1.29, 1.82) is 0 Å². The number of benzene rings is 1. The van der Waals surface area contributed by atoms with Crippen LogP contribution in [0.4, 0.5) is 5.69 Å². The summed E-state index contributed by atoms with van der Waals surface area (Å²) < 4.78 is 0. The molecule has 0 amide bonds. The molecule has 0 heterocycles. The van der Waals surface area contributed by atoms with Gasteiger partial charge in [0.2, 0.25) is 0 Å². The smallest absolute Gasteiger partial charge is 0.258 e. The van der Waals surface area contributed by atoms with Crippen LogP contribution in [-0.2, 0) is 0 Å². The normalized spacial score (nSPS) is 11.1. The molecule has 1 aromatic rings. The van der Waals surface area contributed by atoms with Crippen molar-refractivity contribution in [3.63, 3.8) is 0 Å². The molecule has 78 valence electrons. The largest absolute Gasteiger partial charge is 0.337 e. The molecule has 6 nitrogen and oxygen atoms in total. The van der Waals surface area contributed by atoms with Crippen LogP contribution in [0.2, 0.25) is 0 Å². The number of rotatable bonds is 3. The lowest BCUT2D eigenvalue weighted by Gasteiger charge is -1.92. The van der Waals surface area contributed by atoms with Gasteiger partial charge in [0.1, 0.15) is 0 Å². The molecule has 0 fully saturated rings. The van der Waals surface area contributed by atoms with E-state index >= 15 is 0 Å². The minimum atomic E-state index is -0.747. The zero-order valence-corrected chi connectivity index (χ0v) is 8.05. The van der Waals surface area contributed by atoms with Crippen LogP contribution in [0, 0.1) is 20.2 Å². The van der Waals surface area contributed by atoms with Gasteiger partial charge in [0, 0.05) is 18.2 Å². The number of nitrogens with zero attached hydrogens (tertiary/aromatic N) is 2. The number of halogens is 1. The highest BCUT2D eigenvalue weighted by atomic mass is 35.5. The predicted octanol–water partition coefficient (Wildman–Crippen LogP) is 2.41. The molecule has 0 aliphatic heterocycles. The second kappa shape index (κ2) is 4.52. The molecule has 0 bridgehead atoms. The van der Waals surface area contributed by atoms with Gasteiger partial charge in [-0.1, -0.05) is 0 Å². The molecule has 0 saturated carbocycles. The van der Waals surface area contributed by atoms with Gasteiger partial charge in [-0.05, 0) is 29.3 Å². The van der Waals surface area contributed by atoms with Crippen LogP contribution in [-0.4, -0.2) is 9.85 Å². The first-order valence-corrected chi connectivity index (χ1v) is 4.14. The summed E-state index contributed by atoms with van der Waals surface area (Å²) in [4.78, 5) is 19.2. The van der Waals surface area contributed by atoms with Gasteiger partial charge in [0.15, 0.2) is 0 Å². The molecule has 1 aromatic carbocycles. The zero-order chi connectivity index (χ0) is 11.4. The molecule has 0 unspecified atom stereocenters. The number of hydrogen-bond acceptors (Lipinski definition) is 4. The fourth-order valence-electron chi connectivity index (χ4n) is 0.882. The van der Waals surface area contributed by atoms with Crippen molar-refractivity contribution < 1.29 is 9.85 Å². The van der Waals surface area contributed by atoms with Crippen LogP contribution in [0.25, 0.3) is 6.08 Å². The summed E-state index contributed by atoms with van der Waals surface area (Å²) in [6.07, 6.45) is 1.12. The minimum Gasteiger partial charge on any atom is -0.258 e. The van der Waals surface area contributed by atoms with Crippen molar-refractivity contribution in [2.75, 3.05) is 0 Å². The number of nitro groups is 2. The Hall–Kier alpha value is -1.95. The summed E-state index contributed by atoms with van der Waals surface area (Å²) in [7, 11) is 0. The van der Waals surface area contributed by atoms with Crippen molar-refractivity contribution in [3.05, 3.63) is 55.2 Å². The molecule has 0 atom stereocenters. The first kappa shape index (κ1) is 11.1. The molecule has 0 saturated heterocycles. The van der Waals surface area contributed by atoms with Gasteiger partial charge in [-0.2, -0.15) is 0 Å². The molecule has 0 N–H and O–H groups in total. The lowest BCUT2D eigenvalue weighted by atomic mass is 10.2. The van der Waals surface area contributed by atoms with Gasteiger partial charge in [-0.3, -0.25) is 20.2 Å². The van der Waals surface area contributed by atoms with Crippen LogP contribution in [0.1, 0.15) is 5.56 Å². The van der Waals surface area contributed by atoms with Crippen LogP contribution >= 0.6 is 11.6 Å². The molecule has 0 aliphatic rings. The third-order valence-corrected chi connectivity index (χ3v) is 1.81. The van der Waals surface area contributed by atoms with E-state index in [-0.39, 0.29) is 5.69 Å². The maximum absolute atomic E-state index is 10.3.